The second-order valence-electron chi connectivity index (χ2n) is 5.66. The Kier molecular flexibility index (Phi) is 4.21. The molecule has 1 aliphatic carbocycles. The molecule has 1 unspecified atom stereocenters. The van der Waals surface area contributed by atoms with Gasteiger partial charge in [0, 0.05) is 24.7 Å². The Balaban J connectivity index is 1.66. The number of amides is 1. The number of para-hydroxylation sites is 1. The van der Waals surface area contributed by atoms with Crippen LogP contribution in [-0.4, -0.2) is 24.6 Å². The van der Waals surface area contributed by atoms with Crippen molar-refractivity contribution in [3.05, 3.63) is 29.8 Å². The quantitative estimate of drug-likeness (QED) is 0.863. The van der Waals surface area contributed by atoms with E-state index >= 15 is 0 Å². The van der Waals surface area contributed by atoms with Gasteiger partial charge < -0.3 is 15.4 Å². The highest BCUT2D eigenvalue weighted by Crippen LogP contribution is 2.24. The number of ether oxygens (including phenoxy) is 1. The molecule has 1 saturated carbocycles. The van der Waals surface area contributed by atoms with E-state index in [-0.39, 0.29) is 12.0 Å². The molecule has 1 atom stereocenters. The van der Waals surface area contributed by atoms with E-state index in [2.05, 4.69) is 16.7 Å². The third kappa shape index (κ3) is 3.51. The maximum absolute atomic E-state index is 12.0. The van der Waals surface area contributed by atoms with Gasteiger partial charge in [-0.25, -0.2) is 0 Å². The fraction of sp³-hybridized carbons (Fsp3) is 0.562. The first-order valence-electron chi connectivity index (χ1n) is 7.58. The molecule has 1 aromatic carbocycles. The number of rotatable bonds is 5. The van der Waals surface area contributed by atoms with Crippen molar-refractivity contribution in [3.8, 4) is 5.75 Å². The normalized spacial score (nSPS) is 23.0. The fourth-order valence-corrected chi connectivity index (χ4v) is 2.48. The maximum atomic E-state index is 12.0. The molecule has 2 N–H and O–H groups in total. The Hall–Kier alpha value is -1.55. The lowest BCUT2D eigenvalue weighted by molar-refractivity contribution is -0.127. The summed E-state index contributed by atoms with van der Waals surface area (Å²) in [5.41, 5.74) is 1.14. The molecule has 2 fully saturated rings. The average molecular weight is 274 g/mol. The highest BCUT2D eigenvalue weighted by atomic mass is 16.5. The Morgan fingerprint density at radius 2 is 2.05 bits per heavy atom. The van der Waals surface area contributed by atoms with Gasteiger partial charge >= 0.3 is 0 Å². The maximum Gasteiger partial charge on any atom is 0.261 e. The molecule has 20 heavy (non-hydrogen) atoms. The summed E-state index contributed by atoms with van der Waals surface area (Å²) >= 11 is 0. The van der Waals surface area contributed by atoms with Crippen LogP contribution in [0.1, 0.15) is 37.7 Å². The Bertz CT molecular complexity index is 471. The number of nitrogens with one attached hydrogen (secondary N) is 2. The van der Waals surface area contributed by atoms with E-state index in [4.69, 9.17) is 4.74 Å². The lowest BCUT2D eigenvalue weighted by Crippen LogP contribution is -2.36. The zero-order valence-corrected chi connectivity index (χ0v) is 11.7. The standard InChI is InChI=1S/C16H22N2O2/c19-16-15(7-3-4-10-17-16)20-14-6-2-1-5-12(14)11-18-13-8-9-13/h1-2,5-6,13,15,18H,3-4,7-11H2,(H,17,19). The van der Waals surface area contributed by atoms with Crippen LogP contribution in [0.2, 0.25) is 0 Å². The molecule has 1 heterocycles. The summed E-state index contributed by atoms with van der Waals surface area (Å²) < 4.78 is 5.98. The highest BCUT2D eigenvalue weighted by Gasteiger charge is 2.24. The first-order valence-corrected chi connectivity index (χ1v) is 7.58. The van der Waals surface area contributed by atoms with Gasteiger partial charge in [0.05, 0.1) is 0 Å². The highest BCUT2D eigenvalue weighted by molar-refractivity contribution is 5.81. The van der Waals surface area contributed by atoms with Crippen molar-refractivity contribution >= 4 is 5.91 Å². The van der Waals surface area contributed by atoms with Gasteiger partial charge in [-0.15, -0.1) is 0 Å². The summed E-state index contributed by atoms with van der Waals surface area (Å²) in [6, 6.07) is 8.68. The van der Waals surface area contributed by atoms with Gasteiger partial charge in [0.25, 0.3) is 5.91 Å². The van der Waals surface area contributed by atoms with Gasteiger partial charge in [-0.1, -0.05) is 18.2 Å². The van der Waals surface area contributed by atoms with Crippen LogP contribution in [0, 0.1) is 0 Å². The van der Waals surface area contributed by atoms with E-state index in [9.17, 15) is 4.79 Å². The van der Waals surface area contributed by atoms with Crippen LogP contribution in [0.15, 0.2) is 24.3 Å². The molecular formula is C16H22N2O2. The second-order valence-corrected chi connectivity index (χ2v) is 5.66. The smallest absolute Gasteiger partial charge is 0.261 e. The Morgan fingerprint density at radius 3 is 2.90 bits per heavy atom. The van der Waals surface area contributed by atoms with Gasteiger partial charge in [-0.05, 0) is 38.2 Å². The fourth-order valence-electron chi connectivity index (χ4n) is 2.48. The van der Waals surface area contributed by atoms with E-state index in [1.165, 1.54) is 12.8 Å². The molecule has 4 nitrogen and oxygen atoms in total. The molecule has 0 spiro atoms. The molecule has 0 aromatic heterocycles. The molecule has 0 bridgehead atoms. The Labute approximate surface area is 119 Å². The minimum atomic E-state index is -0.348. The van der Waals surface area contributed by atoms with Crippen LogP contribution >= 0.6 is 0 Å². The molecular weight excluding hydrogens is 252 g/mol. The largest absolute Gasteiger partial charge is 0.480 e. The molecule has 1 saturated heterocycles. The van der Waals surface area contributed by atoms with Crippen molar-refractivity contribution in [2.45, 2.75) is 50.8 Å². The third-order valence-corrected chi connectivity index (χ3v) is 3.89. The molecule has 1 aliphatic heterocycles. The lowest BCUT2D eigenvalue weighted by Gasteiger charge is -2.18. The van der Waals surface area contributed by atoms with Crippen molar-refractivity contribution in [2.24, 2.45) is 0 Å². The molecule has 3 rings (SSSR count). The van der Waals surface area contributed by atoms with Gasteiger partial charge in [0.1, 0.15) is 5.75 Å². The van der Waals surface area contributed by atoms with E-state index < -0.39 is 0 Å². The van der Waals surface area contributed by atoms with Gasteiger partial charge in [0.15, 0.2) is 6.10 Å². The van der Waals surface area contributed by atoms with Crippen LogP contribution in [0.3, 0.4) is 0 Å². The SMILES string of the molecule is O=C1NCCCCC1Oc1ccccc1CNC1CC1. The molecule has 1 amide bonds. The number of hydrogen-bond acceptors (Lipinski definition) is 3. The van der Waals surface area contributed by atoms with Crippen LogP contribution in [0.5, 0.6) is 5.75 Å². The summed E-state index contributed by atoms with van der Waals surface area (Å²) in [5.74, 6) is 0.857. The number of benzene rings is 1. The van der Waals surface area contributed by atoms with Crippen LogP contribution < -0.4 is 15.4 Å². The minimum Gasteiger partial charge on any atom is -0.480 e. The van der Waals surface area contributed by atoms with E-state index in [1.807, 2.05) is 18.2 Å². The van der Waals surface area contributed by atoms with Crippen LogP contribution in [0.4, 0.5) is 0 Å². The van der Waals surface area contributed by atoms with Crippen LogP contribution in [-0.2, 0) is 11.3 Å². The monoisotopic (exact) mass is 274 g/mol. The average Bonchev–Trinajstić information content (AvgIpc) is 3.28. The van der Waals surface area contributed by atoms with Gasteiger partial charge in [-0.3, -0.25) is 4.79 Å². The first kappa shape index (κ1) is 13.4. The van der Waals surface area contributed by atoms with E-state index in [0.29, 0.717) is 6.04 Å². The summed E-state index contributed by atoms with van der Waals surface area (Å²) in [6.45, 7) is 1.58. The van der Waals surface area contributed by atoms with Crippen molar-refractivity contribution in [1.82, 2.24) is 10.6 Å². The molecule has 4 heteroatoms. The second kappa shape index (κ2) is 6.27. The summed E-state index contributed by atoms with van der Waals surface area (Å²) in [7, 11) is 0. The number of carbonyl (C=O) groups excluding carboxylic acids is 1. The summed E-state index contributed by atoms with van der Waals surface area (Å²) in [4.78, 5) is 12.0. The first-order chi connectivity index (χ1) is 9.83. The zero-order chi connectivity index (χ0) is 13.8. The Morgan fingerprint density at radius 1 is 1.20 bits per heavy atom. The zero-order valence-electron chi connectivity index (χ0n) is 11.7. The van der Waals surface area contributed by atoms with E-state index in [0.717, 1.165) is 43.7 Å². The van der Waals surface area contributed by atoms with Crippen molar-refractivity contribution < 1.29 is 9.53 Å². The topological polar surface area (TPSA) is 50.4 Å². The predicted octanol–water partition coefficient (Wildman–Crippen LogP) is 1.99. The molecule has 1 aromatic rings. The van der Waals surface area contributed by atoms with Crippen molar-refractivity contribution in [2.75, 3.05) is 6.54 Å². The third-order valence-electron chi connectivity index (χ3n) is 3.89. The van der Waals surface area contributed by atoms with Crippen LogP contribution in [0.25, 0.3) is 0 Å². The molecule has 108 valence electrons. The van der Waals surface area contributed by atoms with Gasteiger partial charge in [-0.2, -0.15) is 0 Å². The lowest BCUT2D eigenvalue weighted by atomic mass is 10.1. The number of hydrogen-bond donors (Lipinski definition) is 2. The minimum absolute atomic E-state index is 0.0208. The predicted molar refractivity (Wildman–Crippen MR) is 77.6 cm³/mol. The van der Waals surface area contributed by atoms with Crippen molar-refractivity contribution in [1.29, 1.82) is 0 Å². The van der Waals surface area contributed by atoms with Gasteiger partial charge in [0.2, 0.25) is 0 Å². The molecule has 2 aliphatic rings. The summed E-state index contributed by atoms with van der Waals surface area (Å²) in [6.07, 6.45) is 5.07. The van der Waals surface area contributed by atoms with E-state index in [1.54, 1.807) is 0 Å². The van der Waals surface area contributed by atoms with Crippen molar-refractivity contribution in [3.63, 3.8) is 0 Å². The number of carbonyl (C=O) groups is 1. The molecule has 0 radical (unpaired) electrons. The summed E-state index contributed by atoms with van der Waals surface area (Å²) in [5, 5.41) is 6.41.